The van der Waals surface area contributed by atoms with Gasteiger partial charge in [-0.25, -0.2) is 4.99 Å². The monoisotopic (exact) mass is 483 g/mol. The van der Waals surface area contributed by atoms with E-state index in [0.29, 0.717) is 37.3 Å². The summed E-state index contributed by atoms with van der Waals surface area (Å²) in [5.74, 6) is 1.29. The van der Waals surface area contributed by atoms with Crippen molar-refractivity contribution in [3.63, 3.8) is 0 Å². The van der Waals surface area contributed by atoms with Crippen LogP contribution in [0.1, 0.15) is 18.6 Å². The van der Waals surface area contributed by atoms with Gasteiger partial charge >= 0.3 is 0 Å². The maximum absolute atomic E-state index is 13.4. The molecule has 5 nitrogen and oxygen atoms in total. The third kappa shape index (κ3) is 4.44. The van der Waals surface area contributed by atoms with Gasteiger partial charge in [0.05, 0.1) is 16.3 Å². The Balaban J connectivity index is 1.51. The van der Waals surface area contributed by atoms with Gasteiger partial charge in [-0.3, -0.25) is 9.69 Å². The number of halogens is 2. The van der Waals surface area contributed by atoms with Gasteiger partial charge in [0.25, 0.3) is 5.91 Å². The largest absolute Gasteiger partial charge is 0.441 e. The summed E-state index contributed by atoms with van der Waals surface area (Å²) in [5, 5.41) is 1.65. The van der Waals surface area contributed by atoms with Crippen LogP contribution in [-0.2, 0) is 4.79 Å². The van der Waals surface area contributed by atoms with Gasteiger partial charge in [0, 0.05) is 35.3 Å². The van der Waals surface area contributed by atoms with Crippen LogP contribution < -0.4 is 9.80 Å². The van der Waals surface area contributed by atoms with Crippen molar-refractivity contribution >= 4 is 69.4 Å². The molecule has 0 aliphatic carbocycles. The summed E-state index contributed by atoms with van der Waals surface area (Å²) < 4.78 is 5.99. The Labute approximate surface area is 200 Å². The fourth-order valence-corrected chi connectivity index (χ4v) is 5.05. The minimum atomic E-state index is -0.183. The number of anilines is 2. The molecule has 2 fully saturated rings. The van der Waals surface area contributed by atoms with Crippen molar-refractivity contribution in [3.05, 3.63) is 81.4 Å². The molecule has 0 unspecified atom stereocenters. The van der Waals surface area contributed by atoms with Crippen molar-refractivity contribution in [2.75, 3.05) is 22.9 Å². The highest BCUT2D eigenvalue weighted by atomic mass is 35.5. The predicted molar refractivity (Wildman–Crippen MR) is 133 cm³/mol. The van der Waals surface area contributed by atoms with Gasteiger partial charge in [-0.1, -0.05) is 35.3 Å². The number of hydrogen-bond acceptors (Lipinski definition) is 5. The lowest BCUT2D eigenvalue weighted by Crippen LogP contribution is -2.28. The van der Waals surface area contributed by atoms with Gasteiger partial charge in [-0.15, -0.1) is 0 Å². The molecular weight excluding hydrogens is 465 g/mol. The SMILES string of the molecule is O=C1/C(=C\c2ccc(N3CCCC3)o2)SC(=Nc2cccc(Cl)c2)N1c1cccc(Cl)c1. The maximum atomic E-state index is 13.4. The maximum Gasteiger partial charge on any atom is 0.271 e. The summed E-state index contributed by atoms with van der Waals surface area (Å²) in [4.78, 5) is 22.4. The number of amidine groups is 1. The molecule has 8 heteroatoms. The molecule has 5 rings (SSSR count). The smallest absolute Gasteiger partial charge is 0.271 e. The third-order valence-electron chi connectivity index (χ3n) is 5.21. The average molecular weight is 484 g/mol. The standard InChI is InChI=1S/C24H19Cl2N3O2S/c25-16-5-3-7-18(13-16)27-24-29(19-8-4-6-17(26)14-19)23(30)21(32-24)15-20-9-10-22(31-20)28-11-1-2-12-28/h3-10,13-15H,1-2,11-12H2/b21-15+,27-24?. The molecule has 0 spiro atoms. The Bertz CT molecular complexity index is 1230. The van der Waals surface area contributed by atoms with Crippen LogP contribution in [0.5, 0.6) is 0 Å². The van der Waals surface area contributed by atoms with Crippen molar-refractivity contribution in [2.45, 2.75) is 12.8 Å². The Morgan fingerprint density at radius 3 is 2.47 bits per heavy atom. The Kier molecular flexibility index (Phi) is 6.00. The van der Waals surface area contributed by atoms with E-state index in [-0.39, 0.29) is 5.91 Å². The molecule has 1 amide bonds. The van der Waals surface area contributed by atoms with Crippen LogP contribution in [0.3, 0.4) is 0 Å². The van der Waals surface area contributed by atoms with Gasteiger partial charge in [0.15, 0.2) is 11.1 Å². The summed E-state index contributed by atoms with van der Waals surface area (Å²) in [5.41, 5.74) is 1.31. The number of carbonyl (C=O) groups excluding carboxylic acids is 1. The topological polar surface area (TPSA) is 49.1 Å². The minimum Gasteiger partial charge on any atom is -0.441 e. The van der Waals surface area contributed by atoms with Crippen LogP contribution in [-0.4, -0.2) is 24.2 Å². The van der Waals surface area contributed by atoms with Crippen LogP contribution in [0, 0.1) is 0 Å². The molecule has 0 saturated carbocycles. The lowest BCUT2D eigenvalue weighted by atomic mass is 10.3. The van der Waals surface area contributed by atoms with Gasteiger partial charge < -0.3 is 9.32 Å². The first-order valence-corrected chi connectivity index (χ1v) is 11.8. The molecular formula is C24H19Cl2N3O2S. The first kappa shape index (κ1) is 21.2. The Morgan fingerprint density at radius 2 is 1.72 bits per heavy atom. The van der Waals surface area contributed by atoms with Crippen LogP contribution >= 0.6 is 35.0 Å². The van der Waals surface area contributed by atoms with Gasteiger partial charge in [-0.05, 0) is 67.1 Å². The molecule has 0 bridgehead atoms. The van der Waals surface area contributed by atoms with Crippen LogP contribution in [0.15, 0.2) is 75.0 Å². The van der Waals surface area contributed by atoms with Crippen molar-refractivity contribution in [3.8, 4) is 0 Å². The zero-order valence-electron chi connectivity index (χ0n) is 17.0. The summed E-state index contributed by atoms with van der Waals surface area (Å²) in [7, 11) is 0. The molecule has 2 saturated heterocycles. The normalized spacial score (nSPS) is 19.0. The highest BCUT2D eigenvalue weighted by Gasteiger charge is 2.35. The number of carbonyl (C=O) groups is 1. The van der Waals surface area contributed by atoms with E-state index in [4.69, 9.17) is 32.6 Å². The van der Waals surface area contributed by atoms with E-state index in [1.54, 1.807) is 35.2 Å². The molecule has 2 aliphatic rings. The molecule has 162 valence electrons. The lowest BCUT2D eigenvalue weighted by molar-refractivity contribution is -0.113. The second kappa shape index (κ2) is 9.06. The van der Waals surface area contributed by atoms with Gasteiger partial charge in [0.2, 0.25) is 0 Å². The Morgan fingerprint density at radius 1 is 0.969 bits per heavy atom. The highest BCUT2D eigenvalue weighted by molar-refractivity contribution is 8.19. The van der Waals surface area contributed by atoms with Crippen molar-refractivity contribution in [2.24, 2.45) is 4.99 Å². The van der Waals surface area contributed by atoms with E-state index in [9.17, 15) is 4.79 Å². The summed E-state index contributed by atoms with van der Waals surface area (Å²) in [6, 6.07) is 18.2. The number of furan rings is 1. The second-order valence-electron chi connectivity index (χ2n) is 7.48. The summed E-state index contributed by atoms with van der Waals surface area (Å²) in [6.45, 7) is 1.99. The molecule has 1 aromatic heterocycles. The van der Waals surface area contributed by atoms with Crippen LogP contribution in [0.2, 0.25) is 10.0 Å². The molecule has 2 aliphatic heterocycles. The zero-order chi connectivity index (χ0) is 22.1. The van der Waals surface area contributed by atoms with E-state index >= 15 is 0 Å². The number of benzene rings is 2. The van der Waals surface area contributed by atoms with Gasteiger partial charge in [-0.2, -0.15) is 0 Å². The van der Waals surface area contributed by atoms with E-state index in [2.05, 4.69) is 4.90 Å². The fraction of sp³-hybridized carbons (Fsp3) is 0.167. The third-order valence-corrected chi connectivity index (χ3v) is 6.65. The van der Waals surface area contributed by atoms with E-state index in [1.807, 2.05) is 36.4 Å². The number of hydrogen-bond donors (Lipinski definition) is 0. The van der Waals surface area contributed by atoms with E-state index in [1.165, 1.54) is 24.6 Å². The molecule has 0 N–H and O–H groups in total. The predicted octanol–water partition coefficient (Wildman–Crippen LogP) is 7.00. The van der Waals surface area contributed by atoms with Gasteiger partial charge in [0.1, 0.15) is 5.76 Å². The molecule has 0 atom stereocenters. The van der Waals surface area contributed by atoms with Crippen molar-refractivity contribution in [1.29, 1.82) is 0 Å². The molecule has 0 radical (unpaired) electrons. The fourth-order valence-electron chi connectivity index (χ4n) is 3.70. The number of thioether (sulfide) groups is 1. The molecule has 3 aromatic rings. The minimum absolute atomic E-state index is 0.183. The Hall–Kier alpha value is -2.67. The lowest BCUT2D eigenvalue weighted by Gasteiger charge is -2.16. The zero-order valence-corrected chi connectivity index (χ0v) is 19.3. The highest BCUT2D eigenvalue weighted by Crippen LogP contribution is 2.38. The quantitative estimate of drug-likeness (QED) is 0.375. The number of rotatable bonds is 4. The van der Waals surface area contributed by atoms with E-state index < -0.39 is 0 Å². The average Bonchev–Trinajstić information content (AvgIpc) is 3.50. The van der Waals surface area contributed by atoms with E-state index in [0.717, 1.165) is 19.0 Å². The van der Waals surface area contributed by atoms with Crippen LogP contribution in [0.4, 0.5) is 17.3 Å². The molecule has 3 heterocycles. The first-order chi connectivity index (χ1) is 15.6. The summed E-state index contributed by atoms with van der Waals surface area (Å²) >= 11 is 13.6. The number of nitrogens with zero attached hydrogens (tertiary/aromatic N) is 3. The van der Waals surface area contributed by atoms with Crippen molar-refractivity contribution < 1.29 is 9.21 Å². The molecule has 2 aromatic carbocycles. The summed E-state index contributed by atoms with van der Waals surface area (Å²) in [6.07, 6.45) is 4.11. The van der Waals surface area contributed by atoms with Crippen molar-refractivity contribution in [1.82, 2.24) is 0 Å². The molecule has 32 heavy (non-hydrogen) atoms. The second-order valence-corrected chi connectivity index (χ2v) is 9.36. The van der Waals surface area contributed by atoms with Crippen LogP contribution in [0.25, 0.3) is 6.08 Å². The number of amides is 1. The first-order valence-electron chi connectivity index (χ1n) is 10.3. The number of aliphatic imine (C=N–C) groups is 1.